The van der Waals surface area contributed by atoms with Crippen LogP contribution in [0.4, 0.5) is 0 Å². The van der Waals surface area contributed by atoms with Crippen molar-refractivity contribution in [3.8, 4) is 0 Å². The Bertz CT molecular complexity index is 626. The average molecular weight is 349 g/mol. The summed E-state index contributed by atoms with van der Waals surface area (Å²) in [5, 5.41) is 2.43. The Morgan fingerprint density at radius 1 is 1.04 bits per heavy atom. The molecule has 0 saturated carbocycles. The molecule has 1 amide bonds. The largest absolute Gasteiger partial charge is 0.420 e. The van der Waals surface area contributed by atoms with Gasteiger partial charge in [-0.15, -0.1) is 0 Å². The number of benzene rings is 1. The van der Waals surface area contributed by atoms with E-state index >= 15 is 0 Å². The van der Waals surface area contributed by atoms with E-state index in [1.807, 2.05) is 30.3 Å². The molecule has 7 heteroatoms. The first-order chi connectivity index (χ1) is 11.6. The molecule has 0 spiro atoms. The lowest BCUT2D eigenvalue weighted by Crippen LogP contribution is -2.67. The van der Waals surface area contributed by atoms with Crippen LogP contribution in [0, 0.1) is 0 Å². The molecule has 0 saturated heterocycles. The highest BCUT2D eigenvalue weighted by Crippen LogP contribution is 2.32. The molecule has 25 heavy (non-hydrogen) atoms. The molecule has 0 aliphatic heterocycles. The van der Waals surface area contributed by atoms with Crippen LogP contribution in [-0.2, 0) is 35.1 Å². The number of esters is 2. The van der Waals surface area contributed by atoms with Gasteiger partial charge in [-0.05, 0) is 18.9 Å². The summed E-state index contributed by atoms with van der Waals surface area (Å²) >= 11 is 0. The minimum Gasteiger partial charge on any atom is -0.420 e. The number of aryl methyl sites for hydroxylation is 1. The van der Waals surface area contributed by atoms with Crippen LogP contribution in [0.25, 0.3) is 0 Å². The van der Waals surface area contributed by atoms with Gasteiger partial charge in [0.1, 0.15) is 0 Å². The van der Waals surface area contributed by atoms with Gasteiger partial charge in [0.05, 0.1) is 0 Å². The van der Waals surface area contributed by atoms with Gasteiger partial charge in [-0.3, -0.25) is 14.4 Å². The van der Waals surface area contributed by atoms with Gasteiger partial charge in [0, 0.05) is 27.2 Å². The fraction of sp³-hybridized carbons (Fsp3) is 0.444. The van der Waals surface area contributed by atoms with Gasteiger partial charge in [0.25, 0.3) is 5.79 Å². The maximum atomic E-state index is 11.8. The van der Waals surface area contributed by atoms with E-state index in [0.29, 0.717) is 12.7 Å². The van der Waals surface area contributed by atoms with Crippen molar-refractivity contribution in [2.45, 2.75) is 51.9 Å². The van der Waals surface area contributed by atoms with Crippen LogP contribution in [0.15, 0.2) is 30.3 Å². The Morgan fingerprint density at radius 2 is 1.56 bits per heavy atom. The van der Waals surface area contributed by atoms with Crippen LogP contribution in [-0.4, -0.2) is 35.5 Å². The number of carbonyl (C=O) groups excluding carboxylic acids is 4. The average Bonchev–Trinajstić information content (AvgIpc) is 2.51. The van der Waals surface area contributed by atoms with Gasteiger partial charge in [-0.25, -0.2) is 0 Å². The summed E-state index contributed by atoms with van der Waals surface area (Å²) in [7, 11) is 0. The molecule has 1 rings (SSSR count). The first-order valence-electron chi connectivity index (χ1n) is 7.82. The fourth-order valence-electron chi connectivity index (χ4n) is 2.59. The third kappa shape index (κ3) is 5.41. The number of ether oxygens (including phenoxy) is 2. The third-order valence-electron chi connectivity index (χ3n) is 3.67. The highest BCUT2D eigenvalue weighted by molar-refractivity contribution is 5.81. The fourth-order valence-corrected chi connectivity index (χ4v) is 2.59. The van der Waals surface area contributed by atoms with Crippen molar-refractivity contribution in [1.82, 2.24) is 5.32 Å². The smallest absolute Gasteiger partial charge is 0.306 e. The molecule has 1 unspecified atom stereocenters. The predicted molar refractivity (Wildman–Crippen MR) is 89.3 cm³/mol. The lowest BCUT2D eigenvalue weighted by atomic mass is 9.86. The molecule has 136 valence electrons. The zero-order valence-electron chi connectivity index (χ0n) is 14.8. The van der Waals surface area contributed by atoms with Crippen LogP contribution >= 0.6 is 0 Å². The van der Waals surface area contributed by atoms with E-state index in [0.717, 1.165) is 19.4 Å². The van der Waals surface area contributed by atoms with Crippen LogP contribution < -0.4 is 5.32 Å². The molecule has 1 aromatic rings. The van der Waals surface area contributed by atoms with Crippen LogP contribution in [0.5, 0.6) is 0 Å². The van der Waals surface area contributed by atoms with Crippen molar-refractivity contribution in [1.29, 1.82) is 0 Å². The van der Waals surface area contributed by atoms with Crippen LogP contribution in [0.3, 0.4) is 0 Å². The van der Waals surface area contributed by atoms with E-state index in [1.165, 1.54) is 13.8 Å². The SMILES string of the molecule is CC(=O)NC(C)(C=O)C(CCc1ccccc1)(OC(C)=O)OC(C)=O. The Hall–Kier alpha value is -2.70. The number of hydrogen-bond donors (Lipinski definition) is 1. The molecule has 7 nitrogen and oxygen atoms in total. The van der Waals surface area contributed by atoms with Gasteiger partial charge >= 0.3 is 11.9 Å². The second-order valence-corrected chi connectivity index (χ2v) is 5.93. The van der Waals surface area contributed by atoms with E-state index in [-0.39, 0.29) is 6.42 Å². The summed E-state index contributed by atoms with van der Waals surface area (Å²) in [5.41, 5.74) is -0.854. The van der Waals surface area contributed by atoms with E-state index in [9.17, 15) is 19.2 Å². The van der Waals surface area contributed by atoms with Crippen molar-refractivity contribution in [2.24, 2.45) is 0 Å². The molecule has 0 aromatic heterocycles. The number of hydrogen-bond acceptors (Lipinski definition) is 6. The first kappa shape index (κ1) is 20.3. The molecule has 0 bridgehead atoms. The van der Waals surface area contributed by atoms with Gasteiger partial charge in [0.2, 0.25) is 5.91 Å². The zero-order chi connectivity index (χ0) is 19.1. The zero-order valence-corrected chi connectivity index (χ0v) is 14.8. The highest BCUT2D eigenvalue weighted by atomic mass is 16.7. The second-order valence-electron chi connectivity index (χ2n) is 5.93. The summed E-state index contributed by atoms with van der Waals surface area (Å²) in [6.07, 6.45) is 0.751. The number of aldehydes is 1. The standard InChI is InChI=1S/C18H23NO6/c1-13(21)19-17(4,12-20)18(24-14(2)22,25-15(3)23)11-10-16-8-6-5-7-9-16/h5-9,12H,10-11H2,1-4H3,(H,19,21). The summed E-state index contributed by atoms with van der Waals surface area (Å²) in [5.74, 6) is -3.98. The predicted octanol–water partition coefficient (Wildman–Crippen LogP) is 1.54. The molecule has 0 fully saturated rings. The minimum atomic E-state index is -1.96. The van der Waals surface area contributed by atoms with Gasteiger partial charge in [0.15, 0.2) is 11.8 Å². The maximum Gasteiger partial charge on any atom is 0.306 e. The summed E-state index contributed by atoms with van der Waals surface area (Å²) < 4.78 is 10.6. The van der Waals surface area contributed by atoms with Crippen molar-refractivity contribution >= 4 is 24.1 Å². The van der Waals surface area contributed by atoms with Crippen molar-refractivity contribution < 1.29 is 28.7 Å². The number of amides is 1. The first-order valence-corrected chi connectivity index (χ1v) is 7.82. The molecule has 1 N–H and O–H groups in total. The van der Waals surface area contributed by atoms with Crippen LogP contribution in [0.1, 0.15) is 39.7 Å². The second kappa shape index (κ2) is 8.41. The minimum absolute atomic E-state index is 0.00824. The Morgan fingerprint density at radius 3 is 1.96 bits per heavy atom. The van der Waals surface area contributed by atoms with E-state index < -0.39 is 29.2 Å². The van der Waals surface area contributed by atoms with E-state index in [4.69, 9.17) is 9.47 Å². The van der Waals surface area contributed by atoms with Crippen molar-refractivity contribution in [3.63, 3.8) is 0 Å². The van der Waals surface area contributed by atoms with Gasteiger partial charge in [-0.2, -0.15) is 0 Å². The van der Waals surface area contributed by atoms with Gasteiger partial charge in [-0.1, -0.05) is 30.3 Å². The quantitative estimate of drug-likeness (QED) is 0.434. The molecule has 0 radical (unpaired) electrons. The Labute approximate surface area is 146 Å². The summed E-state index contributed by atoms with van der Waals surface area (Å²) in [6.45, 7) is 4.84. The molecule has 0 aliphatic rings. The summed E-state index contributed by atoms with van der Waals surface area (Å²) in [4.78, 5) is 46.7. The molecular weight excluding hydrogens is 326 g/mol. The third-order valence-corrected chi connectivity index (χ3v) is 3.67. The van der Waals surface area contributed by atoms with E-state index in [2.05, 4.69) is 5.32 Å². The number of carbonyl (C=O) groups is 4. The Kier molecular flexibility index (Phi) is 6.85. The van der Waals surface area contributed by atoms with Crippen molar-refractivity contribution in [3.05, 3.63) is 35.9 Å². The monoisotopic (exact) mass is 349 g/mol. The lowest BCUT2D eigenvalue weighted by Gasteiger charge is -2.43. The molecule has 1 atom stereocenters. The van der Waals surface area contributed by atoms with Crippen molar-refractivity contribution in [2.75, 3.05) is 0 Å². The lowest BCUT2D eigenvalue weighted by molar-refractivity contribution is -0.250. The van der Waals surface area contributed by atoms with Gasteiger partial charge < -0.3 is 19.6 Å². The maximum absolute atomic E-state index is 11.8. The highest BCUT2D eigenvalue weighted by Gasteiger charge is 2.55. The van der Waals surface area contributed by atoms with E-state index in [1.54, 1.807) is 0 Å². The number of rotatable bonds is 8. The summed E-state index contributed by atoms with van der Waals surface area (Å²) in [6, 6.07) is 9.22. The Balaban J connectivity index is 3.32. The molecule has 0 aliphatic carbocycles. The molecule has 1 aromatic carbocycles. The molecular formula is C18H23NO6. The van der Waals surface area contributed by atoms with Crippen LogP contribution in [0.2, 0.25) is 0 Å². The number of nitrogens with one attached hydrogen (secondary N) is 1. The molecule has 0 heterocycles. The normalized spacial score (nSPS) is 13.3. The topological polar surface area (TPSA) is 98.8 Å².